The summed E-state index contributed by atoms with van der Waals surface area (Å²) < 4.78 is 24.1. The Morgan fingerprint density at radius 3 is 2.48 bits per heavy atom. The number of benzene rings is 1. The Kier molecular flexibility index (Phi) is 6.53. The van der Waals surface area contributed by atoms with E-state index in [1.807, 2.05) is 13.8 Å². The molecule has 9 nitrogen and oxygen atoms in total. The standard InChI is InChI=1S/C23H23FN6O3/c1-13(2)20(23-28-21(30-33-23)15-8-10-25-11-9-15)26-18(31)6-7-19-27-22(29-32-19)16-4-5-17(24)14(3)12-16/h4-5,8-13,20H,6-7H2,1-3H3,(H,26,31). The first-order valence-corrected chi connectivity index (χ1v) is 10.5. The highest BCUT2D eigenvalue weighted by molar-refractivity contribution is 5.76. The van der Waals surface area contributed by atoms with Crippen LogP contribution < -0.4 is 5.32 Å². The minimum Gasteiger partial charge on any atom is -0.344 e. The molecule has 1 amide bonds. The van der Waals surface area contributed by atoms with E-state index in [9.17, 15) is 9.18 Å². The van der Waals surface area contributed by atoms with Crippen molar-refractivity contribution in [3.8, 4) is 22.8 Å². The second kappa shape index (κ2) is 9.68. The molecular weight excluding hydrogens is 427 g/mol. The van der Waals surface area contributed by atoms with Crippen LogP contribution >= 0.6 is 0 Å². The number of nitrogens with one attached hydrogen (secondary N) is 1. The highest BCUT2D eigenvalue weighted by Crippen LogP contribution is 2.24. The molecule has 170 valence electrons. The van der Waals surface area contributed by atoms with Crippen molar-refractivity contribution >= 4 is 5.91 Å². The lowest BCUT2D eigenvalue weighted by atomic mass is 10.0. The van der Waals surface area contributed by atoms with E-state index >= 15 is 0 Å². The highest BCUT2D eigenvalue weighted by Gasteiger charge is 2.25. The number of halogens is 1. The molecular formula is C23H23FN6O3. The number of carbonyl (C=O) groups excluding carboxylic acids is 1. The predicted molar refractivity (Wildman–Crippen MR) is 116 cm³/mol. The molecule has 4 rings (SSSR count). The van der Waals surface area contributed by atoms with Crippen molar-refractivity contribution in [1.82, 2.24) is 30.6 Å². The quantitative estimate of drug-likeness (QED) is 0.426. The van der Waals surface area contributed by atoms with Gasteiger partial charge in [-0.25, -0.2) is 4.39 Å². The van der Waals surface area contributed by atoms with Gasteiger partial charge < -0.3 is 14.4 Å². The van der Waals surface area contributed by atoms with Gasteiger partial charge in [0, 0.05) is 36.4 Å². The number of hydrogen-bond acceptors (Lipinski definition) is 8. The minimum atomic E-state index is -0.443. The molecule has 0 radical (unpaired) electrons. The summed E-state index contributed by atoms with van der Waals surface area (Å²) in [5.41, 5.74) is 1.91. The maximum atomic E-state index is 13.5. The van der Waals surface area contributed by atoms with Gasteiger partial charge in [0.15, 0.2) is 0 Å². The zero-order chi connectivity index (χ0) is 23.4. The number of rotatable bonds is 8. The van der Waals surface area contributed by atoms with E-state index in [0.29, 0.717) is 34.6 Å². The summed E-state index contributed by atoms with van der Waals surface area (Å²) in [7, 11) is 0. The molecule has 0 saturated carbocycles. The number of nitrogens with zero attached hydrogens (tertiary/aromatic N) is 5. The first-order chi connectivity index (χ1) is 15.9. The molecule has 33 heavy (non-hydrogen) atoms. The maximum absolute atomic E-state index is 13.5. The molecule has 0 spiro atoms. The molecule has 1 aromatic carbocycles. The number of hydrogen-bond donors (Lipinski definition) is 1. The van der Waals surface area contributed by atoms with Gasteiger partial charge in [-0.2, -0.15) is 9.97 Å². The van der Waals surface area contributed by atoms with E-state index in [-0.39, 0.29) is 30.5 Å². The summed E-state index contributed by atoms with van der Waals surface area (Å²) >= 11 is 0. The third-order valence-corrected chi connectivity index (χ3v) is 5.08. The number of amides is 1. The van der Waals surface area contributed by atoms with Crippen LogP contribution in [0.5, 0.6) is 0 Å². The molecule has 1 atom stereocenters. The third-order valence-electron chi connectivity index (χ3n) is 5.08. The van der Waals surface area contributed by atoms with Crippen LogP contribution in [-0.2, 0) is 11.2 Å². The summed E-state index contributed by atoms with van der Waals surface area (Å²) in [6.45, 7) is 5.57. The molecule has 3 aromatic heterocycles. The fourth-order valence-corrected chi connectivity index (χ4v) is 3.22. The average molecular weight is 450 g/mol. The van der Waals surface area contributed by atoms with Crippen molar-refractivity contribution < 1.29 is 18.2 Å². The molecule has 4 aromatic rings. The number of carbonyl (C=O) groups is 1. The second-order valence-electron chi connectivity index (χ2n) is 7.96. The van der Waals surface area contributed by atoms with Crippen LogP contribution in [0, 0.1) is 18.7 Å². The Labute approximate surface area is 189 Å². The fourth-order valence-electron chi connectivity index (χ4n) is 3.22. The van der Waals surface area contributed by atoms with E-state index in [4.69, 9.17) is 9.05 Å². The molecule has 0 aliphatic heterocycles. The van der Waals surface area contributed by atoms with Gasteiger partial charge in [0.1, 0.15) is 11.9 Å². The van der Waals surface area contributed by atoms with E-state index in [2.05, 4.69) is 30.6 Å². The first-order valence-electron chi connectivity index (χ1n) is 10.5. The molecule has 3 heterocycles. The van der Waals surface area contributed by atoms with Gasteiger partial charge in [-0.15, -0.1) is 0 Å². The molecule has 10 heteroatoms. The Bertz CT molecular complexity index is 1240. The summed E-state index contributed by atoms with van der Waals surface area (Å²) in [5.74, 6) is 0.946. The van der Waals surface area contributed by atoms with Crippen LogP contribution in [0.15, 0.2) is 51.8 Å². The molecule has 0 saturated heterocycles. The fraction of sp³-hybridized carbons (Fsp3) is 0.304. The Morgan fingerprint density at radius 1 is 1.03 bits per heavy atom. The smallest absolute Gasteiger partial charge is 0.249 e. The van der Waals surface area contributed by atoms with Crippen LogP contribution in [0.4, 0.5) is 4.39 Å². The molecule has 0 aliphatic carbocycles. The van der Waals surface area contributed by atoms with Gasteiger partial charge in [0.05, 0.1) is 0 Å². The van der Waals surface area contributed by atoms with E-state index in [1.165, 1.54) is 6.07 Å². The molecule has 0 fully saturated rings. The van der Waals surface area contributed by atoms with Crippen molar-refractivity contribution in [2.24, 2.45) is 5.92 Å². The maximum Gasteiger partial charge on any atom is 0.249 e. The SMILES string of the molecule is Cc1cc(-c2noc(CCC(=O)NC(c3nc(-c4ccncc4)no3)C(C)C)n2)ccc1F. The monoisotopic (exact) mass is 450 g/mol. The largest absolute Gasteiger partial charge is 0.344 e. The van der Waals surface area contributed by atoms with Gasteiger partial charge in [-0.1, -0.05) is 24.2 Å². The predicted octanol–water partition coefficient (Wildman–Crippen LogP) is 4.08. The first kappa shape index (κ1) is 22.3. The van der Waals surface area contributed by atoms with Crippen LogP contribution in [-0.4, -0.2) is 31.2 Å². The average Bonchev–Trinajstić information content (AvgIpc) is 3.48. The topological polar surface area (TPSA) is 120 Å². The highest BCUT2D eigenvalue weighted by atomic mass is 19.1. The summed E-state index contributed by atoms with van der Waals surface area (Å²) in [5, 5.41) is 10.9. The van der Waals surface area contributed by atoms with Crippen LogP contribution in [0.1, 0.15) is 43.7 Å². The van der Waals surface area contributed by atoms with Gasteiger partial charge in [0.2, 0.25) is 29.3 Å². The number of aryl methyl sites for hydroxylation is 2. The normalized spacial score (nSPS) is 12.2. The minimum absolute atomic E-state index is 0.0245. The zero-order valence-corrected chi connectivity index (χ0v) is 18.4. The van der Waals surface area contributed by atoms with Gasteiger partial charge in [0.25, 0.3) is 0 Å². The number of aromatic nitrogens is 5. The molecule has 0 aliphatic rings. The van der Waals surface area contributed by atoms with E-state index < -0.39 is 6.04 Å². The second-order valence-corrected chi connectivity index (χ2v) is 7.96. The van der Waals surface area contributed by atoms with E-state index in [0.717, 1.165) is 5.56 Å². The van der Waals surface area contributed by atoms with Crippen molar-refractivity contribution in [2.45, 2.75) is 39.7 Å². The van der Waals surface area contributed by atoms with Gasteiger partial charge in [-0.3, -0.25) is 9.78 Å². The lowest BCUT2D eigenvalue weighted by Gasteiger charge is -2.18. The van der Waals surface area contributed by atoms with Crippen molar-refractivity contribution in [2.75, 3.05) is 0 Å². The zero-order valence-electron chi connectivity index (χ0n) is 18.4. The lowest BCUT2D eigenvalue weighted by Crippen LogP contribution is -2.32. The number of pyridine rings is 1. The Morgan fingerprint density at radius 2 is 1.76 bits per heavy atom. The Balaban J connectivity index is 1.38. The summed E-state index contributed by atoms with van der Waals surface area (Å²) in [6, 6.07) is 7.71. The third kappa shape index (κ3) is 5.28. The van der Waals surface area contributed by atoms with Crippen molar-refractivity contribution in [1.29, 1.82) is 0 Å². The molecule has 1 N–H and O–H groups in total. The summed E-state index contributed by atoms with van der Waals surface area (Å²) in [6.07, 6.45) is 3.69. The van der Waals surface area contributed by atoms with Crippen LogP contribution in [0.25, 0.3) is 22.8 Å². The molecule has 1 unspecified atom stereocenters. The molecule has 0 bridgehead atoms. The van der Waals surface area contributed by atoms with Crippen LogP contribution in [0.3, 0.4) is 0 Å². The van der Waals surface area contributed by atoms with Crippen molar-refractivity contribution in [3.05, 3.63) is 65.9 Å². The lowest BCUT2D eigenvalue weighted by molar-refractivity contribution is -0.122. The van der Waals surface area contributed by atoms with Crippen LogP contribution in [0.2, 0.25) is 0 Å². The van der Waals surface area contributed by atoms with Crippen molar-refractivity contribution in [3.63, 3.8) is 0 Å². The van der Waals surface area contributed by atoms with E-state index in [1.54, 1.807) is 43.6 Å². The summed E-state index contributed by atoms with van der Waals surface area (Å²) in [4.78, 5) is 25.3. The van der Waals surface area contributed by atoms with Gasteiger partial charge >= 0.3 is 0 Å². The Hall–Kier alpha value is -3.95. The van der Waals surface area contributed by atoms with Gasteiger partial charge in [-0.05, 0) is 48.7 Å².